The summed E-state index contributed by atoms with van der Waals surface area (Å²) in [5.41, 5.74) is 8.20. The van der Waals surface area contributed by atoms with Crippen molar-refractivity contribution >= 4 is 17.6 Å². The second-order valence-corrected chi connectivity index (χ2v) is 5.06. The molecule has 128 valence electrons. The summed E-state index contributed by atoms with van der Waals surface area (Å²) in [7, 11) is 0. The van der Waals surface area contributed by atoms with E-state index in [9.17, 15) is 9.59 Å². The van der Waals surface area contributed by atoms with Gasteiger partial charge in [-0.1, -0.05) is 11.3 Å². The smallest absolute Gasteiger partial charge is 0.360 e. The molecule has 2 rings (SSSR count). The Bertz CT molecular complexity index is 755. The van der Waals surface area contributed by atoms with Crippen LogP contribution >= 0.6 is 0 Å². The Labute approximate surface area is 139 Å². The van der Waals surface area contributed by atoms with Crippen LogP contribution in [0.5, 0.6) is 0 Å². The lowest BCUT2D eigenvalue weighted by molar-refractivity contribution is -0.142. The molecule has 8 heteroatoms. The number of carbonyl (C=O) groups is 2. The number of anilines is 1. The third-order valence-electron chi connectivity index (χ3n) is 3.26. The first-order valence-corrected chi connectivity index (χ1v) is 7.61. The lowest BCUT2D eigenvalue weighted by atomic mass is 10.1. The average molecular weight is 332 g/mol. The lowest BCUT2D eigenvalue weighted by Crippen LogP contribution is -2.16. The van der Waals surface area contributed by atoms with Crippen LogP contribution in [0, 0.1) is 6.92 Å². The topological polar surface area (TPSA) is 109 Å². The van der Waals surface area contributed by atoms with Gasteiger partial charge in [0.1, 0.15) is 0 Å². The maximum absolute atomic E-state index is 12.1. The zero-order valence-corrected chi connectivity index (χ0v) is 13.9. The summed E-state index contributed by atoms with van der Waals surface area (Å²) in [5.74, 6) is -1.13. The second-order valence-electron chi connectivity index (χ2n) is 5.06. The highest BCUT2D eigenvalue weighted by molar-refractivity contribution is 5.90. The molecular weight excluding hydrogens is 312 g/mol. The number of nitrogens with two attached hydrogens (primary N) is 1. The van der Waals surface area contributed by atoms with Crippen molar-refractivity contribution in [3.63, 3.8) is 0 Å². The van der Waals surface area contributed by atoms with E-state index in [0.717, 1.165) is 5.56 Å². The maximum atomic E-state index is 12.1. The molecule has 0 saturated carbocycles. The number of nitrogen functional groups attached to an aromatic ring is 1. The van der Waals surface area contributed by atoms with Gasteiger partial charge in [-0.15, -0.1) is 5.10 Å². The van der Waals surface area contributed by atoms with Crippen molar-refractivity contribution in [1.82, 2.24) is 15.0 Å². The van der Waals surface area contributed by atoms with Gasteiger partial charge in [-0.25, -0.2) is 9.48 Å². The van der Waals surface area contributed by atoms with Crippen molar-refractivity contribution in [3.8, 4) is 5.69 Å². The second kappa shape index (κ2) is 7.58. The fourth-order valence-electron chi connectivity index (χ4n) is 2.20. The monoisotopic (exact) mass is 332 g/mol. The van der Waals surface area contributed by atoms with Gasteiger partial charge in [-0.3, -0.25) is 4.79 Å². The molecule has 0 unspecified atom stereocenters. The van der Waals surface area contributed by atoms with E-state index in [0.29, 0.717) is 11.4 Å². The third kappa shape index (κ3) is 3.70. The summed E-state index contributed by atoms with van der Waals surface area (Å²) in [6.45, 7) is 5.72. The number of aromatic nitrogens is 3. The molecule has 8 nitrogen and oxygen atoms in total. The highest BCUT2D eigenvalue weighted by atomic mass is 16.5. The summed E-state index contributed by atoms with van der Waals surface area (Å²) < 4.78 is 11.3. The summed E-state index contributed by atoms with van der Waals surface area (Å²) in [5, 5.41) is 7.85. The molecule has 1 aromatic heterocycles. The third-order valence-corrected chi connectivity index (χ3v) is 3.26. The van der Waals surface area contributed by atoms with Crippen molar-refractivity contribution in [2.45, 2.75) is 27.2 Å². The molecule has 1 aromatic carbocycles. The van der Waals surface area contributed by atoms with Crippen LogP contribution in [0.25, 0.3) is 5.69 Å². The van der Waals surface area contributed by atoms with E-state index in [4.69, 9.17) is 15.2 Å². The standard InChI is InChI=1S/C16H20N4O4/c1-4-23-14(21)9-13-15(16(22)24-5-2)18-19-20(13)12-8-10(3)6-7-11(12)17/h6-8H,4-5,9,17H2,1-3H3. The molecule has 2 aromatic rings. The van der Waals surface area contributed by atoms with Gasteiger partial charge in [-0.2, -0.15) is 0 Å². The van der Waals surface area contributed by atoms with Crippen molar-refractivity contribution in [3.05, 3.63) is 35.2 Å². The van der Waals surface area contributed by atoms with E-state index < -0.39 is 11.9 Å². The van der Waals surface area contributed by atoms with Gasteiger partial charge in [0.05, 0.1) is 36.7 Å². The predicted octanol–water partition coefficient (Wildman–Crippen LogP) is 1.44. The van der Waals surface area contributed by atoms with Crippen LogP contribution in [-0.4, -0.2) is 40.1 Å². The minimum absolute atomic E-state index is 0.0224. The van der Waals surface area contributed by atoms with Crippen LogP contribution in [0.3, 0.4) is 0 Å². The quantitative estimate of drug-likeness (QED) is 0.629. The zero-order valence-electron chi connectivity index (χ0n) is 13.9. The number of hydrogen-bond donors (Lipinski definition) is 1. The normalized spacial score (nSPS) is 10.5. The predicted molar refractivity (Wildman–Crippen MR) is 86.8 cm³/mol. The van der Waals surface area contributed by atoms with Crippen LogP contribution in [0.4, 0.5) is 5.69 Å². The van der Waals surface area contributed by atoms with Gasteiger partial charge in [0, 0.05) is 0 Å². The van der Waals surface area contributed by atoms with E-state index in [1.54, 1.807) is 26.0 Å². The molecule has 0 fully saturated rings. The van der Waals surface area contributed by atoms with Gasteiger partial charge in [-0.05, 0) is 38.5 Å². The number of rotatable bonds is 6. The van der Waals surface area contributed by atoms with Crippen LogP contribution in [0.2, 0.25) is 0 Å². The number of ether oxygens (including phenoxy) is 2. The SMILES string of the molecule is CCOC(=O)Cc1c(C(=O)OCC)nnn1-c1cc(C)ccc1N. The molecule has 24 heavy (non-hydrogen) atoms. The average Bonchev–Trinajstić information content (AvgIpc) is 2.93. The number of hydrogen-bond acceptors (Lipinski definition) is 7. The fraction of sp³-hybridized carbons (Fsp3) is 0.375. The van der Waals surface area contributed by atoms with Crippen molar-refractivity contribution in [1.29, 1.82) is 0 Å². The maximum Gasteiger partial charge on any atom is 0.360 e. The molecule has 1 heterocycles. The minimum atomic E-state index is -0.644. The highest BCUT2D eigenvalue weighted by Crippen LogP contribution is 2.22. The Morgan fingerprint density at radius 1 is 1.21 bits per heavy atom. The van der Waals surface area contributed by atoms with Crippen LogP contribution < -0.4 is 5.73 Å². The van der Waals surface area contributed by atoms with Crippen molar-refractivity contribution < 1.29 is 19.1 Å². The van der Waals surface area contributed by atoms with E-state index in [1.807, 2.05) is 13.0 Å². The molecule has 2 N–H and O–H groups in total. The molecule has 0 bridgehead atoms. The Morgan fingerprint density at radius 2 is 1.92 bits per heavy atom. The Balaban J connectivity index is 2.52. The number of nitrogens with zero attached hydrogens (tertiary/aromatic N) is 3. The summed E-state index contributed by atoms with van der Waals surface area (Å²) >= 11 is 0. The molecule has 0 aliphatic rings. The lowest BCUT2D eigenvalue weighted by Gasteiger charge is -2.10. The Hall–Kier alpha value is -2.90. The van der Waals surface area contributed by atoms with E-state index in [1.165, 1.54) is 4.68 Å². The van der Waals surface area contributed by atoms with Gasteiger partial charge >= 0.3 is 11.9 Å². The first-order valence-electron chi connectivity index (χ1n) is 7.61. The van der Waals surface area contributed by atoms with Crippen molar-refractivity contribution in [2.24, 2.45) is 0 Å². The first kappa shape index (κ1) is 17.5. The molecule has 0 aliphatic carbocycles. The van der Waals surface area contributed by atoms with Crippen molar-refractivity contribution in [2.75, 3.05) is 18.9 Å². The van der Waals surface area contributed by atoms with Gasteiger partial charge in [0.2, 0.25) is 0 Å². The number of esters is 2. The van der Waals surface area contributed by atoms with Gasteiger partial charge in [0.15, 0.2) is 5.69 Å². The Morgan fingerprint density at radius 3 is 2.58 bits per heavy atom. The zero-order chi connectivity index (χ0) is 17.7. The molecule has 0 amide bonds. The van der Waals surface area contributed by atoms with E-state index in [2.05, 4.69) is 10.3 Å². The largest absolute Gasteiger partial charge is 0.466 e. The minimum Gasteiger partial charge on any atom is -0.466 e. The molecule has 0 atom stereocenters. The highest BCUT2D eigenvalue weighted by Gasteiger charge is 2.25. The number of aryl methyl sites for hydroxylation is 1. The van der Waals surface area contributed by atoms with Crippen LogP contribution in [-0.2, 0) is 20.7 Å². The van der Waals surface area contributed by atoms with Crippen LogP contribution in [0.15, 0.2) is 18.2 Å². The van der Waals surface area contributed by atoms with E-state index in [-0.39, 0.29) is 31.0 Å². The number of carbonyl (C=O) groups excluding carboxylic acids is 2. The molecule has 0 radical (unpaired) electrons. The summed E-state index contributed by atoms with van der Waals surface area (Å²) in [4.78, 5) is 24.0. The molecule has 0 spiro atoms. The van der Waals surface area contributed by atoms with E-state index >= 15 is 0 Å². The molecular formula is C16H20N4O4. The first-order chi connectivity index (χ1) is 11.5. The summed E-state index contributed by atoms with van der Waals surface area (Å²) in [6, 6.07) is 5.38. The summed E-state index contributed by atoms with van der Waals surface area (Å²) in [6.07, 6.45) is -0.164. The fourth-order valence-corrected chi connectivity index (χ4v) is 2.20. The van der Waals surface area contributed by atoms with Gasteiger partial charge < -0.3 is 15.2 Å². The Kier molecular flexibility index (Phi) is 5.51. The number of benzene rings is 1. The van der Waals surface area contributed by atoms with Gasteiger partial charge in [0.25, 0.3) is 0 Å². The van der Waals surface area contributed by atoms with Crippen LogP contribution in [0.1, 0.15) is 35.6 Å². The molecule has 0 saturated heterocycles. The molecule has 0 aliphatic heterocycles.